The molecule has 0 bridgehead atoms. The third-order valence-corrected chi connectivity index (χ3v) is 3.37. The van der Waals surface area contributed by atoms with E-state index in [2.05, 4.69) is 16.0 Å². The number of amides is 2. The van der Waals surface area contributed by atoms with Gasteiger partial charge in [-0.15, -0.1) is 0 Å². The van der Waals surface area contributed by atoms with Crippen molar-refractivity contribution in [3.05, 3.63) is 24.3 Å². The van der Waals surface area contributed by atoms with Crippen LogP contribution < -0.4 is 16.0 Å². The number of ether oxygens (including phenoxy) is 1. The monoisotopic (exact) mass is 305 g/mol. The normalized spacial score (nSPS) is 18.0. The smallest absolute Gasteiger partial charge is 0.226 e. The summed E-state index contributed by atoms with van der Waals surface area (Å²) in [7, 11) is 0. The first-order valence-electron chi connectivity index (χ1n) is 7.56. The highest BCUT2D eigenvalue weighted by atomic mass is 16.5. The van der Waals surface area contributed by atoms with Crippen LogP contribution in [0.25, 0.3) is 0 Å². The van der Waals surface area contributed by atoms with Gasteiger partial charge in [0, 0.05) is 36.3 Å². The Morgan fingerprint density at radius 1 is 1.32 bits per heavy atom. The van der Waals surface area contributed by atoms with Crippen LogP contribution in [-0.2, 0) is 14.3 Å². The van der Waals surface area contributed by atoms with Crippen molar-refractivity contribution in [2.24, 2.45) is 5.92 Å². The topological polar surface area (TPSA) is 79.5 Å². The van der Waals surface area contributed by atoms with E-state index in [1.165, 1.54) is 0 Å². The fraction of sp³-hybridized carbons (Fsp3) is 0.500. The third-order valence-electron chi connectivity index (χ3n) is 3.37. The summed E-state index contributed by atoms with van der Waals surface area (Å²) in [6.07, 6.45) is 0.364. The van der Waals surface area contributed by atoms with Gasteiger partial charge in [0.05, 0.1) is 13.2 Å². The molecule has 1 aliphatic heterocycles. The average molecular weight is 305 g/mol. The Morgan fingerprint density at radius 3 is 2.68 bits per heavy atom. The lowest BCUT2D eigenvalue weighted by molar-refractivity contribution is -0.119. The highest BCUT2D eigenvalue weighted by molar-refractivity contribution is 5.94. The van der Waals surface area contributed by atoms with Crippen molar-refractivity contribution in [2.45, 2.75) is 26.3 Å². The molecule has 0 aliphatic carbocycles. The quantitative estimate of drug-likeness (QED) is 0.772. The molecule has 0 aromatic heterocycles. The summed E-state index contributed by atoms with van der Waals surface area (Å²) < 4.78 is 5.33. The highest BCUT2D eigenvalue weighted by Gasteiger charge is 2.17. The summed E-state index contributed by atoms with van der Waals surface area (Å²) in [5.74, 6) is -0.210. The fourth-order valence-electron chi connectivity index (χ4n) is 2.15. The zero-order valence-electron chi connectivity index (χ0n) is 13.0. The SMILES string of the molecule is CC(C)C(=O)Nc1cccc(NC(=O)CC2COCCN2)c1. The standard InChI is InChI=1S/C16H23N3O3/c1-11(2)16(21)19-13-5-3-4-12(8-13)18-15(20)9-14-10-22-7-6-17-14/h3-5,8,11,14,17H,6-7,9-10H2,1-2H3,(H,18,20)(H,19,21). The van der Waals surface area contributed by atoms with Crippen LogP contribution in [0.15, 0.2) is 24.3 Å². The van der Waals surface area contributed by atoms with Crippen LogP contribution in [0.5, 0.6) is 0 Å². The Balaban J connectivity index is 1.89. The largest absolute Gasteiger partial charge is 0.378 e. The van der Waals surface area contributed by atoms with Crippen LogP contribution >= 0.6 is 0 Å². The first-order chi connectivity index (χ1) is 10.5. The molecule has 1 unspecified atom stereocenters. The van der Waals surface area contributed by atoms with Crippen LogP contribution in [0.1, 0.15) is 20.3 Å². The summed E-state index contributed by atoms with van der Waals surface area (Å²) in [5, 5.41) is 8.90. The molecule has 2 amide bonds. The van der Waals surface area contributed by atoms with Gasteiger partial charge in [0.25, 0.3) is 0 Å². The number of hydrogen-bond donors (Lipinski definition) is 3. The van der Waals surface area contributed by atoms with Crippen molar-refractivity contribution >= 4 is 23.2 Å². The third kappa shape index (κ3) is 5.13. The van der Waals surface area contributed by atoms with Crippen molar-refractivity contribution in [1.29, 1.82) is 0 Å². The van der Waals surface area contributed by atoms with E-state index in [-0.39, 0.29) is 23.8 Å². The van der Waals surface area contributed by atoms with E-state index in [9.17, 15) is 9.59 Å². The minimum absolute atomic E-state index is 0.0490. The van der Waals surface area contributed by atoms with E-state index in [4.69, 9.17) is 4.74 Å². The van der Waals surface area contributed by atoms with Gasteiger partial charge in [-0.2, -0.15) is 0 Å². The van der Waals surface area contributed by atoms with Crippen LogP contribution in [0.2, 0.25) is 0 Å². The lowest BCUT2D eigenvalue weighted by Gasteiger charge is -2.23. The van der Waals surface area contributed by atoms with Gasteiger partial charge in [0.2, 0.25) is 11.8 Å². The first kappa shape index (κ1) is 16.5. The van der Waals surface area contributed by atoms with Crippen LogP contribution in [-0.4, -0.2) is 37.6 Å². The Hall–Kier alpha value is -1.92. The molecule has 0 radical (unpaired) electrons. The number of anilines is 2. The van der Waals surface area contributed by atoms with Gasteiger partial charge in [-0.3, -0.25) is 9.59 Å². The number of morpholine rings is 1. The zero-order valence-corrected chi connectivity index (χ0v) is 13.0. The van der Waals surface area contributed by atoms with E-state index in [1.807, 2.05) is 13.8 Å². The first-order valence-corrected chi connectivity index (χ1v) is 7.56. The second-order valence-electron chi connectivity index (χ2n) is 5.70. The van der Waals surface area contributed by atoms with Crippen molar-refractivity contribution in [2.75, 3.05) is 30.4 Å². The number of nitrogens with one attached hydrogen (secondary N) is 3. The number of benzene rings is 1. The summed E-state index contributed by atoms with van der Waals surface area (Å²) >= 11 is 0. The number of rotatable bonds is 5. The van der Waals surface area contributed by atoms with Gasteiger partial charge >= 0.3 is 0 Å². The highest BCUT2D eigenvalue weighted by Crippen LogP contribution is 2.16. The molecule has 1 aromatic rings. The molecule has 2 rings (SSSR count). The fourth-order valence-corrected chi connectivity index (χ4v) is 2.15. The van der Waals surface area contributed by atoms with Crippen molar-refractivity contribution < 1.29 is 14.3 Å². The lowest BCUT2D eigenvalue weighted by atomic mass is 10.1. The number of carbonyl (C=O) groups excluding carboxylic acids is 2. The molecule has 1 atom stereocenters. The maximum Gasteiger partial charge on any atom is 0.226 e. The zero-order chi connectivity index (χ0) is 15.9. The molecule has 0 saturated carbocycles. The lowest BCUT2D eigenvalue weighted by Crippen LogP contribution is -2.43. The molecular formula is C16H23N3O3. The predicted octanol–water partition coefficient (Wildman–Crippen LogP) is 1.60. The van der Waals surface area contributed by atoms with E-state index in [1.54, 1.807) is 24.3 Å². The van der Waals surface area contributed by atoms with Gasteiger partial charge in [-0.05, 0) is 18.2 Å². The minimum atomic E-state index is -0.0874. The summed E-state index contributed by atoms with van der Waals surface area (Å²) in [5.41, 5.74) is 1.35. The molecule has 6 heteroatoms. The molecule has 1 aliphatic rings. The van der Waals surface area contributed by atoms with Gasteiger partial charge < -0.3 is 20.7 Å². The van der Waals surface area contributed by atoms with Crippen molar-refractivity contribution in [3.8, 4) is 0 Å². The molecule has 6 nitrogen and oxygen atoms in total. The second kappa shape index (κ2) is 7.91. The molecule has 1 saturated heterocycles. The van der Waals surface area contributed by atoms with E-state index in [0.29, 0.717) is 31.0 Å². The summed E-state index contributed by atoms with van der Waals surface area (Å²) in [6, 6.07) is 7.20. The van der Waals surface area contributed by atoms with Gasteiger partial charge in [-0.1, -0.05) is 19.9 Å². The molecule has 1 heterocycles. The van der Waals surface area contributed by atoms with Crippen LogP contribution in [0.3, 0.4) is 0 Å². The van der Waals surface area contributed by atoms with E-state index >= 15 is 0 Å². The Morgan fingerprint density at radius 2 is 2.05 bits per heavy atom. The van der Waals surface area contributed by atoms with E-state index in [0.717, 1.165) is 6.54 Å². The van der Waals surface area contributed by atoms with Crippen molar-refractivity contribution in [1.82, 2.24) is 5.32 Å². The van der Waals surface area contributed by atoms with Crippen LogP contribution in [0, 0.1) is 5.92 Å². The van der Waals surface area contributed by atoms with Gasteiger partial charge in [-0.25, -0.2) is 0 Å². The summed E-state index contributed by atoms with van der Waals surface area (Å²) in [4.78, 5) is 23.7. The molecule has 120 valence electrons. The predicted molar refractivity (Wildman–Crippen MR) is 85.8 cm³/mol. The molecule has 1 aromatic carbocycles. The Kier molecular flexibility index (Phi) is 5.91. The Bertz CT molecular complexity index is 525. The van der Waals surface area contributed by atoms with Crippen molar-refractivity contribution in [3.63, 3.8) is 0 Å². The molecule has 1 fully saturated rings. The molecule has 22 heavy (non-hydrogen) atoms. The van der Waals surface area contributed by atoms with Gasteiger partial charge in [0.1, 0.15) is 0 Å². The van der Waals surface area contributed by atoms with E-state index < -0.39 is 0 Å². The molecule has 3 N–H and O–H groups in total. The average Bonchev–Trinajstić information content (AvgIpc) is 2.48. The maximum absolute atomic E-state index is 12.0. The second-order valence-corrected chi connectivity index (χ2v) is 5.70. The number of carbonyl (C=O) groups is 2. The van der Waals surface area contributed by atoms with Crippen LogP contribution in [0.4, 0.5) is 11.4 Å². The molecule has 0 spiro atoms. The minimum Gasteiger partial charge on any atom is -0.378 e. The maximum atomic E-state index is 12.0. The van der Waals surface area contributed by atoms with Gasteiger partial charge in [0.15, 0.2) is 0 Å². The molecular weight excluding hydrogens is 282 g/mol. The number of hydrogen-bond acceptors (Lipinski definition) is 4. The Labute approximate surface area is 130 Å². The summed E-state index contributed by atoms with van der Waals surface area (Å²) in [6.45, 7) is 5.68.